The van der Waals surface area contributed by atoms with Crippen molar-refractivity contribution in [2.75, 3.05) is 24.5 Å². The summed E-state index contributed by atoms with van der Waals surface area (Å²) in [4.78, 5) is 25.2. The third-order valence-corrected chi connectivity index (χ3v) is 6.01. The number of aromatic nitrogens is 2. The molecule has 0 aliphatic carbocycles. The highest BCUT2D eigenvalue weighted by Crippen LogP contribution is 2.23. The predicted octanol–water partition coefficient (Wildman–Crippen LogP) is 3.60. The lowest BCUT2D eigenvalue weighted by Gasteiger charge is -2.28. The molecular formula is C24H26N4O. The number of anilines is 1. The fourth-order valence-corrected chi connectivity index (χ4v) is 4.39. The third-order valence-electron chi connectivity index (χ3n) is 6.01. The number of rotatable bonds is 4. The minimum Gasteiger partial charge on any atom is -0.372 e. The highest BCUT2D eigenvalue weighted by atomic mass is 16.1. The van der Waals surface area contributed by atoms with Gasteiger partial charge in [-0.2, -0.15) is 0 Å². The van der Waals surface area contributed by atoms with Crippen molar-refractivity contribution in [1.82, 2.24) is 14.9 Å². The number of H-pyrrole nitrogens is 1. The van der Waals surface area contributed by atoms with Gasteiger partial charge in [-0.05, 0) is 30.5 Å². The SMILES string of the molecule is O=c1[nH]c(-c2ccccc2)nc2c1CN(Cc1ccc(N3CCCC3)cc1)CC2. The Morgan fingerprint density at radius 2 is 1.69 bits per heavy atom. The van der Waals surface area contributed by atoms with E-state index in [1.54, 1.807) is 0 Å². The molecule has 0 unspecified atom stereocenters. The molecule has 3 aromatic rings. The van der Waals surface area contributed by atoms with Crippen LogP contribution in [0.15, 0.2) is 59.4 Å². The molecule has 0 atom stereocenters. The molecule has 3 heterocycles. The maximum absolute atomic E-state index is 12.7. The molecule has 5 nitrogen and oxygen atoms in total. The number of aromatic amines is 1. The second-order valence-electron chi connectivity index (χ2n) is 8.03. The molecule has 0 bridgehead atoms. The summed E-state index contributed by atoms with van der Waals surface area (Å²) in [6.07, 6.45) is 3.40. The minimum atomic E-state index is -0.0112. The van der Waals surface area contributed by atoms with E-state index in [9.17, 15) is 4.79 Å². The van der Waals surface area contributed by atoms with Crippen LogP contribution >= 0.6 is 0 Å². The Balaban J connectivity index is 1.30. The molecule has 29 heavy (non-hydrogen) atoms. The standard InChI is InChI=1S/C24H26N4O/c29-24-21-17-27(16-18-8-10-20(11-9-18)28-13-4-5-14-28)15-12-22(21)25-23(26-24)19-6-2-1-3-7-19/h1-3,6-11H,4-5,12-17H2,(H,25,26,29). The van der Waals surface area contributed by atoms with Crippen LogP contribution in [-0.2, 0) is 19.5 Å². The van der Waals surface area contributed by atoms with Crippen LogP contribution in [0.5, 0.6) is 0 Å². The maximum Gasteiger partial charge on any atom is 0.255 e. The van der Waals surface area contributed by atoms with Crippen molar-refractivity contribution in [3.05, 3.63) is 81.8 Å². The Morgan fingerprint density at radius 3 is 2.45 bits per heavy atom. The summed E-state index contributed by atoms with van der Waals surface area (Å²) in [6.45, 7) is 4.78. The number of nitrogens with one attached hydrogen (secondary N) is 1. The van der Waals surface area contributed by atoms with Gasteiger partial charge >= 0.3 is 0 Å². The fraction of sp³-hybridized carbons (Fsp3) is 0.333. The van der Waals surface area contributed by atoms with Crippen molar-refractivity contribution < 1.29 is 0 Å². The van der Waals surface area contributed by atoms with Crippen LogP contribution in [0, 0.1) is 0 Å². The summed E-state index contributed by atoms with van der Waals surface area (Å²) >= 11 is 0. The Morgan fingerprint density at radius 1 is 0.931 bits per heavy atom. The summed E-state index contributed by atoms with van der Waals surface area (Å²) in [5.74, 6) is 0.667. The first-order valence-corrected chi connectivity index (χ1v) is 10.5. The molecule has 0 saturated carbocycles. The van der Waals surface area contributed by atoms with Crippen LogP contribution < -0.4 is 10.5 Å². The molecule has 0 amide bonds. The van der Waals surface area contributed by atoms with Gasteiger partial charge in [0.2, 0.25) is 0 Å². The lowest BCUT2D eigenvalue weighted by atomic mass is 10.1. The van der Waals surface area contributed by atoms with E-state index in [0.717, 1.165) is 36.3 Å². The summed E-state index contributed by atoms with van der Waals surface area (Å²) in [7, 11) is 0. The van der Waals surface area contributed by atoms with Crippen LogP contribution in [0.3, 0.4) is 0 Å². The van der Waals surface area contributed by atoms with Gasteiger partial charge in [-0.25, -0.2) is 4.98 Å². The number of nitrogens with zero attached hydrogens (tertiary/aromatic N) is 3. The second kappa shape index (κ2) is 7.84. The van der Waals surface area contributed by atoms with Crippen molar-refractivity contribution in [3.63, 3.8) is 0 Å². The Kier molecular flexibility index (Phi) is 4.90. The Labute approximate surface area is 171 Å². The zero-order valence-corrected chi connectivity index (χ0v) is 16.6. The van der Waals surface area contributed by atoms with E-state index < -0.39 is 0 Å². The zero-order valence-electron chi connectivity index (χ0n) is 16.6. The van der Waals surface area contributed by atoms with Gasteiger partial charge < -0.3 is 9.88 Å². The van der Waals surface area contributed by atoms with Crippen molar-refractivity contribution >= 4 is 5.69 Å². The first-order valence-electron chi connectivity index (χ1n) is 10.5. The normalized spacial score (nSPS) is 16.8. The second-order valence-corrected chi connectivity index (χ2v) is 8.03. The van der Waals surface area contributed by atoms with Gasteiger partial charge in [0, 0.05) is 50.4 Å². The van der Waals surface area contributed by atoms with Gasteiger partial charge in [0.05, 0.1) is 11.3 Å². The number of hydrogen-bond donors (Lipinski definition) is 1. The molecule has 2 aromatic carbocycles. The van der Waals surface area contributed by atoms with Crippen LogP contribution in [0.25, 0.3) is 11.4 Å². The molecule has 0 spiro atoms. The van der Waals surface area contributed by atoms with E-state index in [1.165, 1.54) is 37.2 Å². The quantitative estimate of drug-likeness (QED) is 0.744. The maximum atomic E-state index is 12.7. The van der Waals surface area contributed by atoms with Crippen molar-refractivity contribution in [2.24, 2.45) is 0 Å². The first-order chi connectivity index (χ1) is 14.3. The van der Waals surface area contributed by atoms with Crippen molar-refractivity contribution in [1.29, 1.82) is 0 Å². The van der Waals surface area contributed by atoms with Gasteiger partial charge in [-0.3, -0.25) is 9.69 Å². The molecule has 1 aromatic heterocycles. The van der Waals surface area contributed by atoms with Gasteiger partial charge in [0.15, 0.2) is 0 Å². The van der Waals surface area contributed by atoms with Crippen LogP contribution in [0.4, 0.5) is 5.69 Å². The Hall–Kier alpha value is -2.92. The highest BCUT2D eigenvalue weighted by Gasteiger charge is 2.21. The summed E-state index contributed by atoms with van der Waals surface area (Å²) in [5.41, 5.74) is 5.31. The molecule has 2 aliphatic rings. The van der Waals surface area contributed by atoms with E-state index in [2.05, 4.69) is 39.0 Å². The van der Waals surface area contributed by atoms with Crippen molar-refractivity contribution in [2.45, 2.75) is 32.4 Å². The molecule has 0 radical (unpaired) electrons. The molecule has 1 fully saturated rings. The molecule has 1 N–H and O–H groups in total. The van der Waals surface area contributed by atoms with Gasteiger partial charge in [0.1, 0.15) is 5.82 Å². The van der Waals surface area contributed by atoms with Crippen LogP contribution in [0.2, 0.25) is 0 Å². The lowest BCUT2D eigenvalue weighted by molar-refractivity contribution is 0.242. The topological polar surface area (TPSA) is 52.2 Å². The van der Waals surface area contributed by atoms with Crippen LogP contribution in [-0.4, -0.2) is 34.5 Å². The fourth-order valence-electron chi connectivity index (χ4n) is 4.39. The van der Waals surface area contributed by atoms with Crippen LogP contribution in [0.1, 0.15) is 29.7 Å². The van der Waals surface area contributed by atoms with E-state index >= 15 is 0 Å². The molecule has 148 valence electrons. The summed E-state index contributed by atoms with van der Waals surface area (Å²) in [6, 6.07) is 18.8. The van der Waals surface area contributed by atoms with Gasteiger partial charge in [-0.15, -0.1) is 0 Å². The van der Waals surface area contributed by atoms with E-state index in [-0.39, 0.29) is 5.56 Å². The summed E-state index contributed by atoms with van der Waals surface area (Å²) < 4.78 is 0. The zero-order chi connectivity index (χ0) is 19.6. The molecule has 5 rings (SSSR count). The monoisotopic (exact) mass is 386 g/mol. The predicted molar refractivity (Wildman–Crippen MR) is 116 cm³/mol. The lowest BCUT2D eigenvalue weighted by Crippen LogP contribution is -2.35. The average molecular weight is 386 g/mol. The molecule has 5 heteroatoms. The molecular weight excluding hydrogens is 360 g/mol. The number of fused-ring (bicyclic) bond motifs is 1. The average Bonchev–Trinajstić information content (AvgIpc) is 3.30. The van der Waals surface area contributed by atoms with Gasteiger partial charge in [0.25, 0.3) is 5.56 Å². The summed E-state index contributed by atoms with van der Waals surface area (Å²) in [5, 5.41) is 0. The Bertz CT molecular complexity index is 1040. The largest absolute Gasteiger partial charge is 0.372 e. The van der Waals surface area contributed by atoms with Gasteiger partial charge in [-0.1, -0.05) is 42.5 Å². The number of benzene rings is 2. The molecule has 2 aliphatic heterocycles. The highest BCUT2D eigenvalue weighted by molar-refractivity contribution is 5.55. The van der Waals surface area contributed by atoms with E-state index in [0.29, 0.717) is 12.4 Å². The number of hydrogen-bond acceptors (Lipinski definition) is 4. The third kappa shape index (κ3) is 3.83. The minimum absolute atomic E-state index is 0.0112. The molecule has 1 saturated heterocycles. The van der Waals surface area contributed by atoms with E-state index in [4.69, 9.17) is 4.98 Å². The first kappa shape index (κ1) is 18.1. The van der Waals surface area contributed by atoms with Crippen molar-refractivity contribution in [3.8, 4) is 11.4 Å². The van der Waals surface area contributed by atoms with E-state index in [1.807, 2.05) is 30.3 Å². The smallest absolute Gasteiger partial charge is 0.255 e.